The molecule has 33 heavy (non-hydrogen) atoms. The second-order valence-electron chi connectivity index (χ2n) is 7.45. The fraction of sp³-hybridized carbons (Fsp3) is 0.273. The molecule has 1 aliphatic heterocycles. The molecular weight excluding hydrogens is 432 g/mol. The van der Waals surface area contributed by atoms with E-state index in [1.54, 1.807) is 18.2 Å². The summed E-state index contributed by atoms with van der Waals surface area (Å²) in [6.07, 6.45) is -1.37. The molecule has 0 aliphatic carbocycles. The largest absolute Gasteiger partial charge is 0.469 e. The monoisotopic (exact) mass is 456 g/mol. The molecule has 0 bridgehead atoms. The minimum atomic E-state index is -1.35. The molecule has 1 heterocycles. The van der Waals surface area contributed by atoms with Crippen molar-refractivity contribution in [1.29, 1.82) is 0 Å². The quantitative estimate of drug-likeness (QED) is 0.465. The molecule has 174 valence electrons. The number of benzene rings is 2. The van der Waals surface area contributed by atoms with Gasteiger partial charge in [0.1, 0.15) is 11.8 Å². The molecule has 11 heteroatoms. The third-order valence-electron chi connectivity index (χ3n) is 4.91. The minimum absolute atomic E-state index is 0.0395. The highest BCUT2D eigenvalue weighted by Crippen LogP contribution is 2.36. The van der Waals surface area contributed by atoms with E-state index in [0.717, 1.165) is 5.69 Å². The Morgan fingerprint density at radius 3 is 2.61 bits per heavy atom. The summed E-state index contributed by atoms with van der Waals surface area (Å²) in [5.41, 5.74) is 1.08. The first-order chi connectivity index (χ1) is 15.7. The summed E-state index contributed by atoms with van der Waals surface area (Å²) < 4.78 is 10.5. The highest BCUT2D eigenvalue weighted by atomic mass is 16.5. The summed E-state index contributed by atoms with van der Waals surface area (Å²) in [7, 11) is 4.96. The Morgan fingerprint density at radius 2 is 1.94 bits per heavy atom. The number of amides is 3. The number of carbonyl (C=O) groups excluding carboxylic acids is 3. The first-order valence-corrected chi connectivity index (χ1v) is 9.99. The van der Waals surface area contributed by atoms with Gasteiger partial charge in [0.25, 0.3) is 5.91 Å². The van der Waals surface area contributed by atoms with Gasteiger partial charge in [-0.05, 0) is 30.7 Å². The van der Waals surface area contributed by atoms with E-state index in [0.29, 0.717) is 5.75 Å². The number of carbonyl (C=O) groups is 4. The number of nitrogens with zero attached hydrogens (tertiary/aromatic N) is 1. The van der Waals surface area contributed by atoms with Gasteiger partial charge in [-0.1, -0.05) is 6.07 Å². The molecule has 4 N–H and O–H groups in total. The van der Waals surface area contributed by atoms with Crippen LogP contribution in [0.15, 0.2) is 36.4 Å². The Bertz CT molecular complexity index is 1100. The summed E-state index contributed by atoms with van der Waals surface area (Å²) in [6, 6.07) is 8.78. The van der Waals surface area contributed by atoms with Crippen molar-refractivity contribution in [1.82, 2.24) is 5.32 Å². The smallest absolute Gasteiger partial charge is 0.409 e. The van der Waals surface area contributed by atoms with Crippen LogP contribution in [0.3, 0.4) is 0 Å². The average Bonchev–Trinajstić information content (AvgIpc) is 2.87. The lowest BCUT2D eigenvalue weighted by Gasteiger charge is -2.17. The van der Waals surface area contributed by atoms with Crippen molar-refractivity contribution >= 4 is 40.9 Å². The lowest BCUT2D eigenvalue weighted by atomic mass is 10.1. The number of esters is 1. The van der Waals surface area contributed by atoms with Crippen molar-refractivity contribution in [3.8, 4) is 11.5 Å². The molecule has 11 nitrogen and oxygen atoms in total. The zero-order chi connectivity index (χ0) is 24.1. The molecule has 0 radical (unpaired) electrons. The molecule has 0 saturated heterocycles. The molecule has 2 aromatic carbocycles. The third-order valence-corrected chi connectivity index (χ3v) is 4.91. The first kappa shape index (κ1) is 23.4. The summed E-state index contributed by atoms with van der Waals surface area (Å²) >= 11 is 0. The van der Waals surface area contributed by atoms with Crippen LogP contribution in [0.5, 0.6) is 11.5 Å². The van der Waals surface area contributed by atoms with Gasteiger partial charge in [-0.2, -0.15) is 0 Å². The lowest BCUT2D eigenvalue weighted by molar-refractivity contribution is -0.140. The van der Waals surface area contributed by atoms with Crippen LogP contribution >= 0.6 is 0 Å². The minimum Gasteiger partial charge on any atom is -0.469 e. The van der Waals surface area contributed by atoms with Crippen LogP contribution < -0.4 is 25.6 Å². The van der Waals surface area contributed by atoms with Crippen LogP contribution in [0.4, 0.5) is 21.9 Å². The van der Waals surface area contributed by atoms with Gasteiger partial charge in [0.15, 0.2) is 5.75 Å². The van der Waals surface area contributed by atoms with Crippen molar-refractivity contribution in [2.24, 2.45) is 0 Å². The number of hydrogen-bond donors (Lipinski definition) is 4. The SMILES string of the molecule is COC(=O)CC[C@@H]1NC(=O)c2cc(Oc3cccc(N(C)C)c3)c(NC(=O)O)cc2NC1=O. The molecule has 1 atom stereocenters. The molecule has 0 saturated carbocycles. The van der Waals surface area contributed by atoms with E-state index in [9.17, 15) is 24.3 Å². The Morgan fingerprint density at radius 1 is 1.18 bits per heavy atom. The number of ether oxygens (including phenoxy) is 2. The summed E-state index contributed by atoms with van der Waals surface area (Å²) in [5.74, 6) is -1.14. The van der Waals surface area contributed by atoms with Crippen LogP contribution in [0.2, 0.25) is 0 Å². The maximum atomic E-state index is 12.8. The molecule has 3 amide bonds. The third kappa shape index (κ3) is 5.70. The fourth-order valence-corrected chi connectivity index (χ4v) is 3.21. The fourth-order valence-electron chi connectivity index (χ4n) is 3.21. The summed E-state index contributed by atoms with van der Waals surface area (Å²) in [6.45, 7) is 0. The molecule has 2 aromatic rings. The standard InChI is InChI=1S/C22H24N4O7/c1-26(2)12-5-4-6-13(9-12)33-18-10-14-16(11-17(18)25-22(30)31)24-21(29)15(23-20(14)28)7-8-19(27)32-3/h4-6,9-11,15,25H,7-8H2,1-3H3,(H,23,28)(H,24,29)(H,30,31)/t15-/m0/s1. The van der Waals surface area contributed by atoms with Gasteiger partial charge in [0.2, 0.25) is 5.91 Å². The second-order valence-corrected chi connectivity index (χ2v) is 7.45. The Hall–Kier alpha value is -4.28. The number of anilines is 3. The maximum Gasteiger partial charge on any atom is 0.409 e. The lowest BCUT2D eigenvalue weighted by Crippen LogP contribution is -2.41. The number of methoxy groups -OCH3 is 1. The predicted octanol–water partition coefficient (Wildman–Crippen LogP) is 2.64. The van der Waals surface area contributed by atoms with Gasteiger partial charge >= 0.3 is 12.1 Å². The van der Waals surface area contributed by atoms with Gasteiger partial charge in [-0.3, -0.25) is 19.7 Å². The van der Waals surface area contributed by atoms with Crippen LogP contribution in [0.25, 0.3) is 0 Å². The van der Waals surface area contributed by atoms with Crippen molar-refractivity contribution < 1.29 is 33.8 Å². The second kappa shape index (κ2) is 9.90. The van der Waals surface area contributed by atoms with E-state index < -0.39 is 29.9 Å². The highest BCUT2D eigenvalue weighted by Gasteiger charge is 2.30. The first-order valence-electron chi connectivity index (χ1n) is 9.99. The van der Waals surface area contributed by atoms with Crippen molar-refractivity contribution in [2.45, 2.75) is 18.9 Å². The van der Waals surface area contributed by atoms with Crippen LogP contribution in [0, 0.1) is 0 Å². The summed E-state index contributed by atoms with van der Waals surface area (Å²) in [4.78, 5) is 50.1. The molecule has 0 aromatic heterocycles. The van der Waals surface area contributed by atoms with E-state index in [1.165, 1.54) is 19.2 Å². The zero-order valence-electron chi connectivity index (χ0n) is 18.3. The van der Waals surface area contributed by atoms with E-state index in [-0.39, 0.29) is 35.5 Å². The van der Waals surface area contributed by atoms with Gasteiger partial charge in [-0.25, -0.2) is 4.79 Å². The number of hydrogen-bond acceptors (Lipinski definition) is 7. The highest BCUT2D eigenvalue weighted by molar-refractivity contribution is 6.11. The van der Waals surface area contributed by atoms with E-state index in [2.05, 4.69) is 20.7 Å². The average molecular weight is 456 g/mol. The number of fused-ring (bicyclic) bond motifs is 1. The zero-order valence-corrected chi connectivity index (χ0v) is 18.3. The van der Waals surface area contributed by atoms with E-state index in [4.69, 9.17) is 4.74 Å². The Kier molecular flexibility index (Phi) is 7.01. The van der Waals surface area contributed by atoms with Gasteiger partial charge in [0.05, 0.1) is 24.0 Å². The summed E-state index contributed by atoms with van der Waals surface area (Å²) in [5, 5.41) is 16.7. The molecule has 1 aliphatic rings. The van der Waals surface area contributed by atoms with Crippen molar-refractivity contribution in [3.63, 3.8) is 0 Å². The number of carboxylic acid groups (broad SMARTS) is 1. The van der Waals surface area contributed by atoms with Gasteiger partial charge in [0, 0.05) is 32.3 Å². The van der Waals surface area contributed by atoms with Crippen molar-refractivity contribution in [3.05, 3.63) is 42.0 Å². The van der Waals surface area contributed by atoms with E-state index >= 15 is 0 Å². The normalized spacial score (nSPS) is 14.8. The molecular formula is C22H24N4O7. The van der Waals surface area contributed by atoms with Gasteiger partial charge in [-0.15, -0.1) is 0 Å². The Labute approximate surface area is 189 Å². The Balaban J connectivity index is 1.95. The molecule has 0 unspecified atom stereocenters. The number of nitrogens with one attached hydrogen (secondary N) is 3. The van der Waals surface area contributed by atoms with E-state index in [1.807, 2.05) is 25.1 Å². The van der Waals surface area contributed by atoms with Gasteiger partial charge < -0.3 is 30.1 Å². The molecule has 0 fully saturated rings. The number of rotatable bonds is 7. The van der Waals surface area contributed by atoms with Crippen LogP contribution in [-0.4, -0.2) is 56.2 Å². The van der Waals surface area contributed by atoms with Crippen LogP contribution in [-0.2, 0) is 14.3 Å². The topological polar surface area (TPSA) is 146 Å². The predicted molar refractivity (Wildman–Crippen MR) is 120 cm³/mol. The van der Waals surface area contributed by atoms with Crippen LogP contribution in [0.1, 0.15) is 23.2 Å². The molecule has 3 rings (SSSR count). The van der Waals surface area contributed by atoms with Crippen molar-refractivity contribution in [2.75, 3.05) is 36.7 Å². The molecule has 0 spiro atoms. The maximum absolute atomic E-state index is 12.8.